The molecule has 0 spiro atoms. The molecule has 0 bridgehead atoms. The average Bonchev–Trinajstić information content (AvgIpc) is 2.79. The molecule has 2 nitrogen and oxygen atoms in total. The molecule has 0 aromatic carbocycles. The van der Waals surface area contributed by atoms with Crippen molar-refractivity contribution in [3.63, 3.8) is 0 Å². The zero-order valence-corrected chi connectivity index (χ0v) is 7.79. The van der Waals surface area contributed by atoms with Crippen LogP contribution >= 0.6 is 0 Å². The second-order valence-electron chi connectivity index (χ2n) is 3.20. The number of amides is 1. The van der Waals surface area contributed by atoms with Crippen LogP contribution in [-0.4, -0.2) is 23.9 Å². The van der Waals surface area contributed by atoms with E-state index in [-0.39, 0.29) is 0 Å². The third-order valence-corrected chi connectivity index (χ3v) is 2.68. The van der Waals surface area contributed by atoms with Crippen LogP contribution in [0.1, 0.15) is 27.2 Å². The monoisotopic (exact) mass is 155 g/mol. The summed E-state index contributed by atoms with van der Waals surface area (Å²) in [4.78, 5) is 13.0. The largest absolute Gasteiger partial charge is 0.342 e. The lowest BCUT2D eigenvalue weighted by Crippen LogP contribution is -2.26. The average molecular weight is 155 g/mol. The van der Waals surface area contributed by atoms with Crippen molar-refractivity contribution in [2.24, 2.45) is 11.8 Å². The van der Waals surface area contributed by atoms with Gasteiger partial charge in [0.25, 0.3) is 0 Å². The lowest BCUT2D eigenvalue weighted by atomic mass is 10.1. The van der Waals surface area contributed by atoms with E-state index >= 15 is 0 Å². The molecule has 0 aromatic heterocycles. The van der Waals surface area contributed by atoms with Gasteiger partial charge in [-0.25, -0.2) is 0 Å². The maximum absolute atomic E-state index is 11.1. The van der Waals surface area contributed by atoms with Crippen molar-refractivity contribution >= 4 is 5.91 Å². The van der Waals surface area contributed by atoms with Crippen molar-refractivity contribution in [3.8, 4) is 0 Å². The molecule has 2 fully saturated rings. The van der Waals surface area contributed by atoms with Gasteiger partial charge in [-0.1, -0.05) is 20.8 Å². The predicted octanol–water partition coefficient (Wildman–Crippen LogP) is 1.51. The van der Waals surface area contributed by atoms with Gasteiger partial charge in [0.15, 0.2) is 0 Å². The summed E-state index contributed by atoms with van der Waals surface area (Å²) in [7, 11) is 1.91. The fraction of sp³-hybridized carbons (Fsp3) is 0.889. The van der Waals surface area contributed by atoms with Gasteiger partial charge >= 0.3 is 0 Å². The van der Waals surface area contributed by atoms with E-state index in [0.717, 1.165) is 0 Å². The van der Waals surface area contributed by atoms with E-state index in [0.29, 0.717) is 23.8 Å². The Bertz CT molecular complexity index is 151. The van der Waals surface area contributed by atoms with E-state index in [1.807, 2.05) is 32.7 Å². The van der Waals surface area contributed by atoms with E-state index < -0.39 is 0 Å². The zero-order chi connectivity index (χ0) is 8.59. The van der Waals surface area contributed by atoms with Gasteiger partial charge in [-0.2, -0.15) is 0 Å². The van der Waals surface area contributed by atoms with Crippen LogP contribution in [0.15, 0.2) is 0 Å². The molecule has 0 radical (unpaired) electrons. The first-order chi connectivity index (χ1) is 5.22. The molecule has 11 heavy (non-hydrogen) atoms. The van der Waals surface area contributed by atoms with Crippen molar-refractivity contribution in [1.82, 2.24) is 4.90 Å². The molecule has 0 N–H and O–H groups in total. The molecule has 0 unspecified atom stereocenters. The number of rotatable bonds is 0. The minimum Gasteiger partial charge on any atom is -0.342 e. The quantitative estimate of drug-likeness (QED) is 0.519. The molecule has 1 saturated carbocycles. The van der Waals surface area contributed by atoms with Crippen LogP contribution in [0.2, 0.25) is 0 Å². The van der Waals surface area contributed by atoms with Gasteiger partial charge in [-0.15, -0.1) is 0 Å². The first-order valence-corrected chi connectivity index (χ1v) is 4.48. The van der Waals surface area contributed by atoms with Gasteiger partial charge < -0.3 is 4.90 Å². The first-order valence-electron chi connectivity index (χ1n) is 4.48. The highest BCUT2D eigenvalue weighted by molar-refractivity contribution is 5.83. The van der Waals surface area contributed by atoms with E-state index in [2.05, 4.69) is 0 Å². The molecule has 1 heterocycles. The lowest BCUT2D eigenvalue weighted by Gasteiger charge is -2.11. The van der Waals surface area contributed by atoms with Crippen LogP contribution in [0.5, 0.6) is 0 Å². The number of fused-ring (bicyclic) bond motifs is 1. The number of carbonyl (C=O) groups is 1. The molecule has 3 atom stereocenters. The fourth-order valence-electron chi connectivity index (χ4n) is 1.85. The van der Waals surface area contributed by atoms with Crippen molar-refractivity contribution < 1.29 is 4.79 Å². The Balaban J connectivity index is 0.000000281. The van der Waals surface area contributed by atoms with Crippen LogP contribution in [-0.2, 0) is 4.79 Å². The van der Waals surface area contributed by atoms with Crippen LogP contribution in [0.4, 0.5) is 0 Å². The van der Waals surface area contributed by atoms with Gasteiger partial charge in [0.2, 0.25) is 5.91 Å². The van der Waals surface area contributed by atoms with Gasteiger partial charge in [0.05, 0.1) is 0 Å². The maximum Gasteiger partial charge on any atom is 0.225 e. The molecule has 2 rings (SSSR count). The Morgan fingerprint density at radius 2 is 2.00 bits per heavy atom. The van der Waals surface area contributed by atoms with Crippen LogP contribution in [0.3, 0.4) is 0 Å². The van der Waals surface area contributed by atoms with Crippen molar-refractivity contribution in [1.29, 1.82) is 0 Å². The van der Waals surface area contributed by atoms with E-state index in [4.69, 9.17) is 0 Å². The van der Waals surface area contributed by atoms with Gasteiger partial charge in [-0.05, 0) is 12.3 Å². The van der Waals surface area contributed by atoms with Crippen molar-refractivity contribution in [2.45, 2.75) is 33.2 Å². The smallest absolute Gasteiger partial charge is 0.225 e. The highest BCUT2D eigenvalue weighted by Gasteiger charge is 2.54. The SMILES string of the molecule is CC.C[C@@H]1C(=O)N(C)[C@@H]2C[C@H]12. The highest BCUT2D eigenvalue weighted by atomic mass is 16.2. The summed E-state index contributed by atoms with van der Waals surface area (Å²) in [5.74, 6) is 1.37. The predicted molar refractivity (Wildman–Crippen MR) is 45.2 cm³/mol. The molecular weight excluding hydrogens is 138 g/mol. The zero-order valence-electron chi connectivity index (χ0n) is 7.79. The normalized spacial score (nSPS) is 39.5. The Morgan fingerprint density at radius 1 is 1.45 bits per heavy atom. The summed E-state index contributed by atoms with van der Waals surface area (Å²) in [5, 5.41) is 0. The van der Waals surface area contributed by atoms with E-state index in [9.17, 15) is 4.79 Å². The second-order valence-corrected chi connectivity index (χ2v) is 3.20. The maximum atomic E-state index is 11.1. The standard InChI is InChI=1S/C7H11NO.C2H6/c1-4-5-3-6(5)8(2)7(4)9;1-2/h4-6H,3H2,1-2H3;1-2H3/t4-,5+,6+;/m0./s1. The summed E-state index contributed by atoms with van der Waals surface area (Å²) in [6.45, 7) is 6.04. The molecule has 1 aliphatic heterocycles. The molecule has 1 amide bonds. The van der Waals surface area contributed by atoms with Crippen molar-refractivity contribution in [3.05, 3.63) is 0 Å². The molecule has 2 aliphatic rings. The summed E-state index contributed by atoms with van der Waals surface area (Å²) >= 11 is 0. The van der Waals surface area contributed by atoms with Gasteiger partial charge in [0, 0.05) is 19.0 Å². The fourth-order valence-corrected chi connectivity index (χ4v) is 1.85. The Morgan fingerprint density at radius 3 is 2.18 bits per heavy atom. The van der Waals surface area contributed by atoms with Crippen molar-refractivity contribution in [2.75, 3.05) is 7.05 Å². The number of hydrogen-bond acceptors (Lipinski definition) is 1. The first kappa shape index (κ1) is 8.57. The number of piperidine rings is 1. The topological polar surface area (TPSA) is 20.3 Å². The number of likely N-dealkylation sites (tertiary alicyclic amines) is 1. The minimum atomic E-state index is 0.319. The van der Waals surface area contributed by atoms with Crippen LogP contribution in [0.25, 0.3) is 0 Å². The van der Waals surface area contributed by atoms with E-state index in [1.165, 1.54) is 6.42 Å². The lowest BCUT2D eigenvalue weighted by molar-refractivity contribution is -0.131. The number of carbonyl (C=O) groups excluding carboxylic acids is 1. The van der Waals surface area contributed by atoms with Crippen LogP contribution < -0.4 is 0 Å². The Labute approximate surface area is 68.6 Å². The molecule has 0 aromatic rings. The minimum absolute atomic E-state index is 0.319. The number of nitrogens with zero attached hydrogens (tertiary/aromatic N) is 1. The summed E-state index contributed by atoms with van der Waals surface area (Å²) < 4.78 is 0. The molecule has 64 valence electrons. The third kappa shape index (κ3) is 1.15. The summed E-state index contributed by atoms with van der Waals surface area (Å²) in [5.41, 5.74) is 0. The Kier molecular flexibility index (Phi) is 2.21. The molecule has 1 saturated heterocycles. The molecular formula is C9H17NO. The number of hydrogen-bond donors (Lipinski definition) is 0. The highest BCUT2D eigenvalue weighted by Crippen LogP contribution is 2.47. The molecule has 2 heteroatoms. The Hall–Kier alpha value is -0.530. The van der Waals surface area contributed by atoms with Gasteiger partial charge in [0.1, 0.15) is 0 Å². The molecule has 1 aliphatic carbocycles. The third-order valence-electron chi connectivity index (χ3n) is 2.68. The second kappa shape index (κ2) is 2.84. The summed E-state index contributed by atoms with van der Waals surface area (Å²) in [6, 6.07) is 0.618. The van der Waals surface area contributed by atoms with E-state index in [1.54, 1.807) is 0 Å². The van der Waals surface area contributed by atoms with Gasteiger partial charge in [-0.3, -0.25) is 4.79 Å². The summed E-state index contributed by atoms with van der Waals surface area (Å²) in [6.07, 6.45) is 1.25. The van der Waals surface area contributed by atoms with Crippen LogP contribution in [0, 0.1) is 11.8 Å².